The lowest BCUT2D eigenvalue weighted by Crippen LogP contribution is -2.45. The molecule has 3 unspecified atom stereocenters. The van der Waals surface area contributed by atoms with Gasteiger partial charge < -0.3 is 10.1 Å². The van der Waals surface area contributed by atoms with Crippen molar-refractivity contribution in [2.45, 2.75) is 25.8 Å². The number of nitrogens with one attached hydrogen (secondary N) is 1. The van der Waals surface area contributed by atoms with E-state index in [4.69, 9.17) is 4.74 Å². The number of rotatable bonds is 6. The van der Waals surface area contributed by atoms with E-state index in [0.29, 0.717) is 23.3 Å². The maximum atomic E-state index is 14.0. The molecule has 0 bridgehead atoms. The van der Waals surface area contributed by atoms with Gasteiger partial charge >= 0.3 is 5.97 Å². The van der Waals surface area contributed by atoms with E-state index in [1.165, 1.54) is 0 Å². The number of amides is 1. The van der Waals surface area contributed by atoms with Crippen LogP contribution in [-0.2, 0) is 16.1 Å². The molecule has 1 N–H and O–H groups in total. The molecule has 1 aliphatic carbocycles. The van der Waals surface area contributed by atoms with E-state index >= 15 is 0 Å². The molecule has 2 aliphatic rings. The van der Waals surface area contributed by atoms with Gasteiger partial charge in [0.05, 0.1) is 5.41 Å². The minimum absolute atomic E-state index is 0.230. The van der Waals surface area contributed by atoms with Gasteiger partial charge in [-0.15, -0.1) is 0 Å². The van der Waals surface area contributed by atoms with E-state index in [1.807, 2.05) is 43.3 Å². The molecular weight excluding hydrogens is 562 g/mol. The standard InChI is InChI=1S/C27H21Br2NO4/c1-2-26(23(31)17-8-10-18(28)11-9-17)22-20-14-19(29)12-13-21(20)34-25(33)27(22,26)24(32)30-15-16-6-4-3-5-7-16/h3-14,22H,2,15H2,1H3,(H,30,32). The van der Waals surface area contributed by atoms with Gasteiger partial charge in [-0.1, -0.05) is 81.2 Å². The van der Waals surface area contributed by atoms with Crippen LogP contribution in [0.1, 0.15) is 40.7 Å². The van der Waals surface area contributed by atoms with Crippen molar-refractivity contribution in [3.05, 3.63) is 98.4 Å². The number of Topliss-reactive ketones (excluding diaryl/α,β-unsaturated/α-hetero) is 1. The van der Waals surface area contributed by atoms with Crippen molar-refractivity contribution >= 4 is 49.5 Å². The third kappa shape index (κ3) is 3.21. The van der Waals surface area contributed by atoms with Crippen LogP contribution in [0.2, 0.25) is 0 Å². The topological polar surface area (TPSA) is 72.5 Å². The first-order chi connectivity index (χ1) is 16.4. The van der Waals surface area contributed by atoms with E-state index in [1.54, 1.807) is 36.4 Å². The molecule has 5 nitrogen and oxygen atoms in total. The van der Waals surface area contributed by atoms with Crippen molar-refractivity contribution in [3.8, 4) is 5.75 Å². The number of hydrogen-bond acceptors (Lipinski definition) is 4. The van der Waals surface area contributed by atoms with E-state index in [-0.39, 0.29) is 12.3 Å². The zero-order valence-electron chi connectivity index (χ0n) is 18.3. The first kappa shape index (κ1) is 23.0. The molecule has 0 saturated heterocycles. The molecule has 1 heterocycles. The number of ketones is 1. The lowest BCUT2D eigenvalue weighted by molar-refractivity contribution is -0.149. The summed E-state index contributed by atoms with van der Waals surface area (Å²) in [7, 11) is 0. The Morgan fingerprint density at radius 1 is 0.971 bits per heavy atom. The normalized spacial score (nSPS) is 24.4. The summed E-state index contributed by atoms with van der Waals surface area (Å²) in [6.07, 6.45) is 0.312. The number of hydrogen-bond donors (Lipinski definition) is 1. The number of benzene rings is 3. The predicted molar refractivity (Wildman–Crippen MR) is 134 cm³/mol. The number of halogens is 2. The molecule has 1 saturated carbocycles. The van der Waals surface area contributed by atoms with E-state index in [0.717, 1.165) is 14.5 Å². The highest BCUT2D eigenvalue weighted by Crippen LogP contribution is 2.80. The first-order valence-corrected chi connectivity index (χ1v) is 12.6. The molecule has 7 heteroatoms. The molecule has 1 amide bonds. The van der Waals surface area contributed by atoms with Crippen molar-refractivity contribution < 1.29 is 19.1 Å². The van der Waals surface area contributed by atoms with Gasteiger partial charge in [0.15, 0.2) is 11.2 Å². The van der Waals surface area contributed by atoms with Gasteiger partial charge in [0.2, 0.25) is 5.91 Å². The second-order valence-corrected chi connectivity index (χ2v) is 10.5. The fraction of sp³-hybridized carbons (Fsp3) is 0.222. The van der Waals surface area contributed by atoms with Crippen molar-refractivity contribution in [2.24, 2.45) is 10.8 Å². The second-order valence-electron chi connectivity index (χ2n) is 8.64. The molecule has 5 rings (SSSR count). The highest BCUT2D eigenvalue weighted by Gasteiger charge is 2.89. The number of fused-ring (bicyclic) bond motifs is 3. The number of ether oxygens (including phenoxy) is 1. The summed E-state index contributed by atoms with van der Waals surface area (Å²) in [5, 5.41) is 2.92. The number of carbonyl (C=O) groups is 3. The molecule has 3 atom stereocenters. The van der Waals surface area contributed by atoms with Gasteiger partial charge in [-0.3, -0.25) is 14.4 Å². The lowest BCUT2D eigenvalue weighted by atomic mass is 9.82. The first-order valence-electron chi connectivity index (χ1n) is 11.0. The van der Waals surface area contributed by atoms with Gasteiger partial charge in [0.1, 0.15) is 5.75 Å². The zero-order valence-corrected chi connectivity index (χ0v) is 21.5. The van der Waals surface area contributed by atoms with Crippen LogP contribution >= 0.6 is 31.9 Å². The fourth-order valence-electron chi connectivity index (χ4n) is 5.51. The van der Waals surface area contributed by atoms with Crippen LogP contribution in [0.5, 0.6) is 5.75 Å². The van der Waals surface area contributed by atoms with Crippen LogP contribution in [0.3, 0.4) is 0 Å². The Hall–Kier alpha value is -2.77. The molecule has 0 radical (unpaired) electrons. The Morgan fingerprint density at radius 3 is 2.32 bits per heavy atom. The highest BCUT2D eigenvalue weighted by atomic mass is 79.9. The van der Waals surface area contributed by atoms with E-state index in [9.17, 15) is 14.4 Å². The molecule has 34 heavy (non-hydrogen) atoms. The molecule has 0 spiro atoms. The average molecular weight is 583 g/mol. The van der Waals surface area contributed by atoms with Crippen LogP contribution < -0.4 is 10.1 Å². The maximum absolute atomic E-state index is 14.0. The summed E-state index contributed by atoms with van der Waals surface area (Å²) in [5.74, 6) is -1.61. The Balaban J connectivity index is 1.62. The van der Waals surface area contributed by atoms with Crippen molar-refractivity contribution in [1.82, 2.24) is 5.32 Å². The molecule has 3 aromatic carbocycles. The quantitative estimate of drug-likeness (QED) is 0.172. The van der Waals surface area contributed by atoms with Gasteiger partial charge in [-0.2, -0.15) is 0 Å². The van der Waals surface area contributed by atoms with Gasteiger partial charge in [-0.05, 0) is 42.3 Å². The summed E-state index contributed by atoms with van der Waals surface area (Å²) in [6.45, 7) is 2.10. The van der Waals surface area contributed by atoms with Crippen LogP contribution in [0.4, 0.5) is 0 Å². The predicted octanol–water partition coefficient (Wildman–Crippen LogP) is 5.81. The maximum Gasteiger partial charge on any atom is 0.328 e. The lowest BCUT2D eigenvalue weighted by Gasteiger charge is -2.24. The number of esters is 1. The smallest absolute Gasteiger partial charge is 0.328 e. The summed E-state index contributed by atoms with van der Waals surface area (Å²) >= 11 is 6.89. The SMILES string of the molecule is CCC1(C(=O)c2ccc(Br)cc2)C2c3cc(Br)ccc3OC(=O)C21C(=O)NCc1ccccc1. The van der Waals surface area contributed by atoms with Gasteiger partial charge in [-0.25, -0.2) is 0 Å². The van der Waals surface area contributed by atoms with E-state index in [2.05, 4.69) is 37.2 Å². The summed E-state index contributed by atoms with van der Waals surface area (Å²) in [5.41, 5.74) is -0.826. The van der Waals surface area contributed by atoms with Crippen LogP contribution in [-0.4, -0.2) is 17.7 Å². The zero-order chi connectivity index (χ0) is 24.1. The highest BCUT2D eigenvalue weighted by molar-refractivity contribution is 9.10. The summed E-state index contributed by atoms with van der Waals surface area (Å²) in [6, 6.07) is 21.8. The van der Waals surface area contributed by atoms with E-state index < -0.39 is 28.6 Å². The monoisotopic (exact) mass is 581 g/mol. The average Bonchev–Trinajstić information content (AvgIpc) is 3.50. The Bertz CT molecular complexity index is 1310. The third-order valence-electron chi connectivity index (χ3n) is 7.08. The largest absolute Gasteiger partial charge is 0.425 e. The molecule has 3 aromatic rings. The minimum atomic E-state index is -1.63. The van der Waals surface area contributed by atoms with Crippen LogP contribution in [0.25, 0.3) is 0 Å². The molecule has 0 aromatic heterocycles. The Kier molecular flexibility index (Phi) is 5.73. The van der Waals surface area contributed by atoms with Crippen molar-refractivity contribution in [3.63, 3.8) is 0 Å². The fourth-order valence-corrected chi connectivity index (χ4v) is 6.15. The second kappa shape index (κ2) is 8.47. The molecule has 1 aliphatic heterocycles. The molecular formula is C27H21Br2NO4. The molecule has 1 fully saturated rings. The number of carbonyl (C=O) groups excluding carboxylic acids is 3. The van der Waals surface area contributed by atoms with Crippen molar-refractivity contribution in [1.29, 1.82) is 0 Å². The Morgan fingerprint density at radius 2 is 1.65 bits per heavy atom. The van der Waals surface area contributed by atoms with Crippen molar-refractivity contribution in [2.75, 3.05) is 0 Å². The summed E-state index contributed by atoms with van der Waals surface area (Å²) in [4.78, 5) is 41.4. The molecule has 172 valence electrons. The third-order valence-corrected chi connectivity index (χ3v) is 8.10. The van der Waals surface area contributed by atoms with Gasteiger partial charge in [0.25, 0.3) is 0 Å². The van der Waals surface area contributed by atoms with Gasteiger partial charge in [0, 0.05) is 32.5 Å². The van der Waals surface area contributed by atoms with Crippen LogP contribution in [0.15, 0.2) is 81.7 Å². The minimum Gasteiger partial charge on any atom is -0.425 e. The van der Waals surface area contributed by atoms with Crippen LogP contribution in [0, 0.1) is 10.8 Å². The summed E-state index contributed by atoms with van der Waals surface area (Å²) < 4.78 is 7.33. The Labute approximate surface area is 214 Å².